The van der Waals surface area contributed by atoms with Crippen molar-refractivity contribution in [2.24, 2.45) is 0 Å². The summed E-state index contributed by atoms with van der Waals surface area (Å²) in [6.07, 6.45) is 1.48. The number of anilines is 1. The Balaban J connectivity index is 1.91. The number of nitrogens with one attached hydrogen (secondary N) is 1. The number of nitrogens with zero attached hydrogens (tertiary/aromatic N) is 1. The van der Waals surface area contributed by atoms with Crippen LogP contribution in [0.15, 0.2) is 60.5 Å². The quantitative estimate of drug-likeness (QED) is 0.722. The highest BCUT2D eigenvalue weighted by Gasteiger charge is 2.39. The van der Waals surface area contributed by atoms with E-state index in [9.17, 15) is 14.7 Å². The molecule has 3 rings (SSSR count). The van der Waals surface area contributed by atoms with Crippen molar-refractivity contribution < 1.29 is 24.2 Å². The predicted molar refractivity (Wildman–Crippen MR) is 98.3 cm³/mol. The largest absolute Gasteiger partial charge is 0.494 e. The number of rotatable bonds is 7. The third kappa shape index (κ3) is 4.32. The minimum Gasteiger partial charge on any atom is -0.494 e. The molecule has 0 aliphatic carbocycles. The molecule has 0 amide bonds. The molecule has 2 N–H and O–H groups in total. The Morgan fingerprint density at radius 1 is 1.22 bits per heavy atom. The molecule has 140 valence electrons. The van der Waals surface area contributed by atoms with Gasteiger partial charge < -0.3 is 19.9 Å². The SMILES string of the molecule is CCOc1ccc(NC(c2ccccn2)C2OC(CO)=CC(=O)C2=O)cc1. The fourth-order valence-corrected chi connectivity index (χ4v) is 2.77. The monoisotopic (exact) mass is 368 g/mol. The van der Waals surface area contributed by atoms with Crippen LogP contribution in [-0.4, -0.2) is 41.0 Å². The van der Waals surface area contributed by atoms with Gasteiger partial charge in [-0.05, 0) is 43.3 Å². The Morgan fingerprint density at radius 3 is 2.63 bits per heavy atom. The number of pyridine rings is 1. The van der Waals surface area contributed by atoms with E-state index in [1.807, 2.05) is 6.92 Å². The molecule has 7 heteroatoms. The van der Waals surface area contributed by atoms with E-state index in [1.165, 1.54) is 0 Å². The molecule has 7 nitrogen and oxygen atoms in total. The molecule has 1 aromatic heterocycles. The molecule has 0 saturated heterocycles. The van der Waals surface area contributed by atoms with Gasteiger partial charge in [-0.25, -0.2) is 0 Å². The van der Waals surface area contributed by atoms with Gasteiger partial charge in [-0.1, -0.05) is 6.07 Å². The molecule has 0 radical (unpaired) electrons. The average Bonchev–Trinajstić information content (AvgIpc) is 2.70. The maximum Gasteiger partial charge on any atom is 0.245 e. The van der Waals surface area contributed by atoms with Gasteiger partial charge in [0.25, 0.3) is 0 Å². The maximum absolute atomic E-state index is 12.4. The second-order valence-corrected chi connectivity index (χ2v) is 5.87. The topological polar surface area (TPSA) is 97.8 Å². The zero-order valence-electron chi connectivity index (χ0n) is 14.8. The van der Waals surface area contributed by atoms with Gasteiger partial charge in [0.05, 0.1) is 12.3 Å². The van der Waals surface area contributed by atoms with E-state index in [4.69, 9.17) is 9.47 Å². The number of aliphatic hydroxyl groups excluding tert-OH is 1. The Bertz CT molecular complexity index is 833. The van der Waals surface area contributed by atoms with Crippen molar-refractivity contribution in [2.45, 2.75) is 19.1 Å². The van der Waals surface area contributed by atoms with Crippen molar-refractivity contribution in [3.63, 3.8) is 0 Å². The molecule has 2 heterocycles. The van der Waals surface area contributed by atoms with Gasteiger partial charge >= 0.3 is 0 Å². The first-order valence-electron chi connectivity index (χ1n) is 8.59. The minimum atomic E-state index is -1.13. The Hall–Kier alpha value is -3.19. The standard InChI is InChI=1S/C20H20N2O5/c1-2-26-14-8-6-13(7-9-14)22-18(16-5-3-4-10-21-16)20-19(25)17(24)11-15(12-23)27-20/h3-11,18,20,22-23H,2,12H2,1H3. The van der Waals surface area contributed by atoms with Crippen LogP contribution < -0.4 is 10.1 Å². The normalized spacial score (nSPS) is 17.7. The van der Waals surface area contributed by atoms with Crippen LogP contribution in [0.1, 0.15) is 18.7 Å². The molecule has 1 aliphatic rings. The first-order valence-corrected chi connectivity index (χ1v) is 8.59. The summed E-state index contributed by atoms with van der Waals surface area (Å²) in [5, 5.41) is 12.5. The van der Waals surface area contributed by atoms with Gasteiger partial charge in [-0.3, -0.25) is 14.6 Å². The molecule has 0 bridgehead atoms. The van der Waals surface area contributed by atoms with Gasteiger partial charge in [0, 0.05) is 18.0 Å². The van der Waals surface area contributed by atoms with Gasteiger partial charge in [0.2, 0.25) is 11.6 Å². The van der Waals surface area contributed by atoms with Crippen molar-refractivity contribution in [1.82, 2.24) is 4.98 Å². The number of aliphatic hydroxyl groups is 1. The summed E-state index contributed by atoms with van der Waals surface area (Å²) < 4.78 is 11.0. The molecule has 2 atom stereocenters. The molecule has 1 aliphatic heterocycles. The summed E-state index contributed by atoms with van der Waals surface area (Å²) in [6, 6.07) is 11.8. The summed E-state index contributed by atoms with van der Waals surface area (Å²) in [5.74, 6) is -0.617. The number of ether oxygens (including phenoxy) is 2. The Morgan fingerprint density at radius 2 is 2.00 bits per heavy atom. The lowest BCUT2D eigenvalue weighted by Gasteiger charge is -2.30. The molecular formula is C20H20N2O5. The Labute approximate surface area is 156 Å². The minimum absolute atomic E-state index is 0.0547. The van der Waals surface area contributed by atoms with E-state index in [-0.39, 0.29) is 5.76 Å². The first-order chi connectivity index (χ1) is 13.1. The van der Waals surface area contributed by atoms with E-state index in [0.717, 1.165) is 11.8 Å². The lowest BCUT2D eigenvalue weighted by Crippen LogP contribution is -2.42. The van der Waals surface area contributed by atoms with Crippen LogP contribution in [0.3, 0.4) is 0 Å². The van der Waals surface area contributed by atoms with Gasteiger partial charge in [-0.2, -0.15) is 0 Å². The number of hydrogen-bond donors (Lipinski definition) is 2. The molecule has 1 aromatic carbocycles. The van der Waals surface area contributed by atoms with E-state index >= 15 is 0 Å². The summed E-state index contributed by atoms with van der Waals surface area (Å²) >= 11 is 0. The zero-order chi connectivity index (χ0) is 19.2. The van der Waals surface area contributed by atoms with Crippen LogP contribution in [0.5, 0.6) is 5.75 Å². The van der Waals surface area contributed by atoms with E-state index in [1.54, 1.807) is 48.7 Å². The van der Waals surface area contributed by atoms with Crippen LogP contribution in [0, 0.1) is 0 Å². The van der Waals surface area contributed by atoms with E-state index in [0.29, 0.717) is 18.0 Å². The van der Waals surface area contributed by atoms with Crippen LogP contribution in [0.4, 0.5) is 5.69 Å². The summed E-state index contributed by atoms with van der Waals surface area (Å²) in [5.41, 5.74) is 1.25. The number of benzene rings is 1. The molecule has 2 unspecified atom stereocenters. The number of hydrogen-bond acceptors (Lipinski definition) is 7. The molecule has 0 spiro atoms. The Kier molecular flexibility index (Phi) is 5.83. The van der Waals surface area contributed by atoms with Crippen LogP contribution in [0.2, 0.25) is 0 Å². The zero-order valence-corrected chi connectivity index (χ0v) is 14.8. The molecule has 0 saturated carbocycles. The number of Topliss-reactive ketones (excluding diaryl/α,β-unsaturated/α-hetero) is 1. The fraction of sp³-hybridized carbons (Fsp3) is 0.250. The second kappa shape index (κ2) is 8.46. The lowest BCUT2D eigenvalue weighted by molar-refractivity contribution is -0.142. The molecule has 2 aromatic rings. The van der Waals surface area contributed by atoms with E-state index in [2.05, 4.69) is 10.3 Å². The first kappa shape index (κ1) is 18.6. The number of carbonyl (C=O) groups is 2. The van der Waals surface area contributed by atoms with Crippen molar-refractivity contribution in [3.8, 4) is 5.75 Å². The molecule has 0 fully saturated rings. The average molecular weight is 368 g/mol. The third-order valence-electron chi connectivity index (χ3n) is 4.02. The highest BCUT2D eigenvalue weighted by molar-refractivity contribution is 6.44. The highest BCUT2D eigenvalue weighted by Crippen LogP contribution is 2.28. The maximum atomic E-state index is 12.4. The number of ketones is 2. The van der Waals surface area contributed by atoms with Gasteiger partial charge in [-0.15, -0.1) is 0 Å². The highest BCUT2D eigenvalue weighted by atomic mass is 16.5. The van der Waals surface area contributed by atoms with Gasteiger partial charge in [0.15, 0.2) is 6.10 Å². The van der Waals surface area contributed by atoms with Crippen molar-refractivity contribution in [2.75, 3.05) is 18.5 Å². The summed E-state index contributed by atoms with van der Waals surface area (Å²) in [4.78, 5) is 28.7. The third-order valence-corrected chi connectivity index (χ3v) is 4.02. The number of allylic oxidation sites excluding steroid dienone is 1. The summed E-state index contributed by atoms with van der Waals surface area (Å²) in [7, 11) is 0. The fourth-order valence-electron chi connectivity index (χ4n) is 2.77. The molecule has 27 heavy (non-hydrogen) atoms. The summed E-state index contributed by atoms with van der Waals surface area (Å²) in [6.45, 7) is 2.00. The lowest BCUT2D eigenvalue weighted by atomic mass is 9.97. The van der Waals surface area contributed by atoms with Crippen LogP contribution >= 0.6 is 0 Å². The van der Waals surface area contributed by atoms with Crippen LogP contribution in [0.25, 0.3) is 0 Å². The molecular weight excluding hydrogens is 348 g/mol. The smallest absolute Gasteiger partial charge is 0.245 e. The number of aromatic nitrogens is 1. The van der Waals surface area contributed by atoms with Crippen LogP contribution in [-0.2, 0) is 14.3 Å². The predicted octanol–water partition coefficient (Wildman–Crippen LogP) is 2.05. The van der Waals surface area contributed by atoms with Gasteiger partial charge in [0.1, 0.15) is 24.2 Å². The number of carbonyl (C=O) groups excluding carboxylic acids is 2. The second-order valence-electron chi connectivity index (χ2n) is 5.87. The van der Waals surface area contributed by atoms with E-state index < -0.39 is 30.3 Å². The van der Waals surface area contributed by atoms with Crippen molar-refractivity contribution in [3.05, 3.63) is 66.2 Å². The van der Waals surface area contributed by atoms with Crippen molar-refractivity contribution in [1.29, 1.82) is 0 Å². The van der Waals surface area contributed by atoms with Crippen molar-refractivity contribution >= 4 is 17.3 Å².